The third-order valence-electron chi connectivity index (χ3n) is 2.49. The molecule has 0 N–H and O–H groups in total. The molecule has 0 spiro atoms. The summed E-state index contributed by atoms with van der Waals surface area (Å²) in [6.45, 7) is 12.6. The fourth-order valence-corrected chi connectivity index (χ4v) is 1.09. The molecule has 0 saturated carbocycles. The second-order valence-corrected chi connectivity index (χ2v) is 4.49. The van der Waals surface area contributed by atoms with Gasteiger partial charge in [-0.3, -0.25) is 4.98 Å². The first-order valence-electron chi connectivity index (χ1n) is 5.52. The SMILES string of the molecule is CC.C[C@H](c1ccc(F)cn1)C(C)(C)C. The summed E-state index contributed by atoms with van der Waals surface area (Å²) in [7, 11) is 0. The summed E-state index contributed by atoms with van der Waals surface area (Å²) in [6.07, 6.45) is 1.28. The van der Waals surface area contributed by atoms with Crippen LogP contribution in [0, 0.1) is 11.2 Å². The number of hydrogen-bond donors (Lipinski definition) is 0. The van der Waals surface area contributed by atoms with E-state index in [0.29, 0.717) is 5.92 Å². The summed E-state index contributed by atoms with van der Waals surface area (Å²) in [4.78, 5) is 4.07. The van der Waals surface area contributed by atoms with E-state index < -0.39 is 0 Å². The molecule has 1 nitrogen and oxygen atoms in total. The van der Waals surface area contributed by atoms with Crippen molar-refractivity contribution in [3.63, 3.8) is 0 Å². The van der Waals surface area contributed by atoms with E-state index in [1.165, 1.54) is 12.3 Å². The van der Waals surface area contributed by atoms with E-state index in [1.54, 1.807) is 6.07 Å². The van der Waals surface area contributed by atoms with Crippen LogP contribution >= 0.6 is 0 Å². The number of pyridine rings is 1. The normalized spacial score (nSPS) is 12.7. The molecule has 0 fully saturated rings. The predicted molar refractivity (Wildman–Crippen MR) is 63.4 cm³/mol. The molecule has 0 radical (unpaired) electrons. The largest absolute Gasteiger partial charge is 0.258 e. The molecule has 1 aromatic heterocycles. The summed E-state index contributed by atoms with van der Waals surface area (Å²) in [5, 5.41) is 0. The molecule has 0 aliphatic carbocycles. The van der Waals surface area contributed by atoms with Gasteiger partial charge in [-0.1, -0.05) is 41.5 Å². The standard InChI is InChI=1S/C11H16FN.C2H6/c1-8(11(2,3)4)10-6-5-9(12)7-13-10;1-2/h5-8H,1-4H3;1-2H3/t8-;/m1./s1. The molecule has 0 unspecified atom stereocenters. The molecule has 1 rings (SSSR count). The van der Waals surface area contributed by atoms with E-state index in [9.17, 15) is 4.39 Å². The van der Waals surface area contributed by atoms with Crippen LogP contribution in [0.1, 0.15) is 53.2 Å². The maximum absolute atomic E-state index is 12.6. The van der Waals surface area contributed by atoms with E-state index in [-0.39, 0.29) is 11.2 Å². The Labute approximate surface area is 92.7 Å². The summed E-state index contributed by atoms with van der Waals surface area (Å²) >= 11 is 0. The third kappa shape index (κ3) is 4.41. The van der Waals surface area contributed by atoms with Gasteiger partial charge in [-0.25, -0.2) is 4.39 Å². The Morgan fingerprint density at radius 3 is 2.07 bits per heavy atom. The molecule has 86 valence electrons. The topological polar surface area (TPSA) is 12.9 Å². The van der Waals surface area contributed by atoms with Crippen LogP contribution in [0.5, 0.6) is 0 Å². The lowest BCUT2D eigenvalue weighted by Gasteiger charge is -2.26. The molecule has 1 heterocycles. The van der Waals surface area contributed by atoms with E-state index in [1.807, 2.05) is 13.8 Å². The lowest BCUT2D eigenvalue weighted by Crippen LogP contribution is -2.16. The van der Waals surface area contributed by atoms with Crippen LogP contribution in [0.25, 0.3) is 0 Å². The zero-order valence-electron chi connectivity index (χ0n) is 10.6. The molecule has 0 bridgehead atoms. The van der Waals surface area contributed by atoms with Crippen molar-refractivity contribution in [3.8, 4) is 0 Å². The molecule has 0 aliphatic heterocycles. The Kier molecular flexibility index (Phi) is 5.48. The van der Waals surface area contributed by atoms with Crippen molar-refractivity contribution >= 4 is 0 Å². The number of nitrogens with zero attached hydrogens (tertiary/aromatic N) is 1. The van der Waals surface area contributed by atoms with Crippen molar-refractivity contribution in [2.45, 2.75) is 47.5 Å². The van der Waals surface area contributed by atoms with Gasteiger partial charge >= 0.3 is 0 Å². The zero-order chi connectivity index (χ0) is 12.1. The van der Waals surface area contributed by atoms with Gasteiger partial charge in [0.2, 0.25) is 0 Å². The molecule has 15 heavy (non-hydrogen) atoms. The molecule has 1 aromatic rings. The highest BCUT2D eigenvalue weighted by Gasteiger charge is 2.22. The number of halogens is 1. The van der Waals surface area contributed by atoms with Crippen molar-refractivity contribution in [1.82, 2.24) is 4.98 Å². The third-order valence-corrected chi connectivity index (χ3v) is 2.49. The average Bonchev–Trinajstić information content (AvgIpc) is 2.20. The summed E-state index contributed by atoms with van der Waals surface area (Å²) in [5.74, 6) is 0.0676. The molecule has 0 aromatic carbocycles. The van der Waals surface area contributed by atoms with Crippen molar-refractivity contribution in [2.75, 3.05) is 0 Å². The van der Waals surface area contributed by atoms with E-state index in [4.69, 9.17) is 0 Å². The minimum Gasteiger partial charge on any atom is -0.258 e. The molecular weight excluding hydrogens is 189 g/mol. The number of hydrogen-bond acceptors (Lipinski definition) is 1. The number of aromatic nitrogens is 1. The Hall–Kier alpha value is -0.920. The van der Waals surface area contributed by atoms with Crippen molar-refractivity contribution in [1.29, 1.82) is 0 Å². The van der Waals surface area contributed by atoms with Crippen LogP contribution in [0.2, 0.25) is 0 Å². The van der Waals surface area contributed by atoms with Gasteiger partial charge in [0.15, 0.2) is 0 Å². The molecule has 2 heteroatoms. The van der Waals surface area contributed by atoms with E-state index >= 15 is 0 Å². The van der Waals surface area contributed by atoms with Gasteiger partial charge in [0.25, 0.3) is 0 Å². The lowest BCUT2D eigenvalue weighted by atomic mass is 9.80. The van der Waals surface area contributed by atoms with E-state index in [0.717, 1.165) is 5.69 Å². The maximum atomic E-state index is 12.6. The van der Waals surface area contributed by atoms with E-state index in [2.05, 4.69) is 32.7 Å². The second kappa shape index (κ2) is 5.84. The minimum atomic E-state index is -0.273. The quantitative estimate of drug-likeness (QED) is 0.671. The highest BCUT2D eigenvalue weighted by Crippen LogP contribution is 2.32. The van der Waals surface area contributed by atoms with Gasteiger partial charge in [0.05, 0.1) is 6.20 Å². The van der Waals surface area contributed by atoms with Crippen LogP contribution in [-0.4, -0.2) is 4.98 Å². The Morgan fingerprint density at radius 1 is 1.20 bits per heavy atom. The molecular formula is C13H22FN. The van der Waals surface area contributed by atoms with Crippen LogP contribution in [0.3, 0.4) is 0 Å². The van der Waals surface area contributed by atoms with Crippen LogP contribution in [0.4, 0.5) is 4.39 Å². The first-order chi connectivity index (χ1) is 6.91. The highest BCUT2D eigenvalue weighted by molar-refractivity contribution is 5.11. The zero-order valence-corrected chi connectivity index (χ0v) is 10.6. The summed E-state index contributed by atoms with van der Waals surface area (Å²) in [6, 6.07) is 3.22. The molecule has 0 amide bonds. The number of rotatable bonds is 1. The summed E-state index contributed by atoms with van der Waals surface area (Å²) < 4.78 is 12.6. The van der Waals surface area contributed by atoms with Crippen molar-refractivity contribution in [3.05, 3.63) is 29.8 Å². The Bertz CT molecular complexity index is 272. The van der Waals surface area contributed by atoms with Crippen molar-refractivity contribution in [2.24, 2.45) is 5.41 Å². The van der Waals surface area contributed by atoms with Gasteiger partial charge in [0.1, 0.15) is 5.82 Å². The first kappa shape index (κ1) is 14.1. The Morgan fingerprint density at radius 2 is 1.73 bits per heavy atom. The average molecular weight is 211 g/mol. The smallest absolute Gasteiger partial charge is 0.141 e. The van der Waals surface area contributed by atoms with Gasteiger partial charge in [-0.05, 0) is 17.5 Å². The lowest BCUT2D eigenvalue weighted by molar-refractivity contribution is 0.333. The Balaban J connectivity index is 0.000000921. The molecule has 1 atom stereocenters. The summed E-state index contributed by atoms with van der Waals surface area (Å²) in [5.41, 5.74) is 1.12. The highest BCUT2D eigenvalue weighted by atomic mass is 19.1. The van der Waals surface area contributed by atoms with Crippen LogP contribution < -0.4 is 0 Å². The van der Waals surface area contributed by atoms with Gasteiger partial charge in [-0.2, -0.15) is 0 Å². The minimum absolute atomic E-state index is 0.171. The van der Waals surface area contributed by atoms with Crippen LogP contribution in [-0.2, 0) is 0 Å². The van der Waals surface area contributed by atoms with Gasteiger partial charge in [0, 0.05) is 11.6 Å². The first-order valence-corrected chi connectivity index (χ1v) is 5.52. The molecule has 0 saturated heterocycles. The van der Waals surface area contributed by atoms with Crippen molar-refractivity contribution < 1.29 is 4.39 Å². The van der Waals surface area contributed by atoms with Crippen LogP contribution in [0.15, 0.2) is 18.3 Å². The monoisotopic (exact) mass is 211 g/mol. The predicted octanol–water partition coefficient (Wildman–Crippen LogP) is 4.40. The fourth-order valence-electron chi connectivity index (χ4n) is 1.09. The molecule has 0 aliphatic rings. The second-order valence-electron chi connectivity index (χ2n) is 4.49. The van der Waals surface area contributed by atoms with Gasteiger partial charge in [-0.15, -0.1) is 0 Å². The maximum Gasteiger partial charge on any atom is 0.141 e. The fraction of sp³-hybridized carbons (Fsp3) is 0.615. The van der Waals surface area contributed by atoms with Gasteiger partial charge < -0.3 is 0 Å².